The van der Waals surface area contributed by atoms with Crippen molar-refractivity contribution >= 4 is 56.5 Å². The number of nitrogens with one attached hydrogen (secondary N) is 2. The zero-order chi connectivity index (χ0) is 15.4. The molecule has 21 heavy (non-hydrogen) atoms. The Bertz CT molecular complexity index is 679. The molecule has 0 aliphatic heterocycles. The Balaban J connectivity index is 2.27. The van der Waals surface area contributed by atoms with E-state index in [0.717, 1.165) is 4.47 Å². The van der Waals surface area contributed by atoms with Crippen LogP contribution in [0.2, 0.25) is 10.0 Å². The minimum Gasteiger partial charge on any atom is -0.370 e. The third-order valence-electron chi connectivity index (χ3n) is 2.62. The molecule has 0 saturated carbocycles. The van der Waals surface area contributed by atoms with Crippen molar-refractivity contribution in [1.29, 1.82) is 0 Å². The maximum absolute atomic E-state index is 12.4. The van der Waals surface area contributed by atoms with Gasteiger partial charge in [-0.3, -0.25) is 4.79 Å². The summed E-state index contributed by atoms with van der Waals surface area (Å²) in [5, 5.41) is 6.64. The first-order valence-corrected chi connectivity index (χ1v) is 7.72. The fourth-order valence-electron chi connectivity index (χ4n) is 1.69. The minimum absolute atomic E-state index is 0.280. The molecule has 0 atom stereocenters. The standard InChI is InChI=1S/C14H12BrCl2N3O/c1-2-18-13-10(5-8(15)7-19-13)14(21)20-9-3-4-11(16)12(17)6-9/h3-7H,2H2,1H3,(H,18,19)(H,20,21). The number of hydrogen-bond donors (Lipinski definition) is 2. The van der Waals surface area contributed by atoms with Gasteiger partial charge in [-0.2, -0.15) is 0 Å². The van der Waals surface area contributed by atoms with E-state index >= 15 is 0 Å². The van der Waals surface area contributed by atoms with Gasteiger partial charge in [0.25, 0.3) is 5.91 Å². The molecule has 7 heteroatoms. The largest absolute Gasteiger partial charge is 0.370 e. The summed E-state index contributed by atoms with van der Waals surface area (Å²) in [6.07, 6.45) is 1.63. The van der Waals surface area contributed by atoms with Crippen molar-refractivity contribution < 1.29 is 4.79 Å². The van der Waals surface area contributed by atoms with Gasteiger partial charge >= 0.3 is 0 Å². The van der Waals surface area contributed by atoms with E-state index in [0.29, 0.717) is 33.7 Å². The lowest BCUT2D eigenvalue weighted by molar-refractivity contribution is 0.102. The maximum atomic E-state index is 12.4. The molecule has 2 N–H and O–H groups in total. The number of benzene rings is 1. The van der Waals surface area contributed by atoms with Crippen LogP contribution in [0.25, 0.3) is 0 Å². The number of amides is 1. The van der Waals surface area contributed by atoms with E-state index in [1.54, 1.807) is 30.5 Å². The Hall–Kier alpha value is -1.30. The van der Waals surface area contributed by atoms with Crippen LogP contribution in [0.4, 0.5) is 11.5 Å². The van der Waals surface area contributed by atoms with Crippen molar-refractivity contribution in [3.8, 4) is 0 Å². The van der Waals surface area contributed by atoms with Gasteiger partial charge in [0.2, 0.25) is 0 Å². The fraction of sp³-hybridized carbons (Fsp3) is 0.143. The lowest BCUT2D eigenvalue weighted by Crippen LogP contribution is -2.15. The molecule has 0 spiro atoms. The summed E-state index contributed by atoms with van der Waals surface area (Å²) in [7, 11) is 0. The molecule has 0 saturated heterocycles. The highest BCUT2D eigenvalue weighted by molar-refractivity contribution is 9.10. The highest BCUT2D eigenvalue weighted by Gasteiger charge is 2.14. The van der Waals surface area contributed by atoms with Crippen molar-refractivity contribution in [2.45, 2.75) is 6.92 Å². The van der Waals surface area contributed by atoms with Gasteiger partial charge in [0.05, 0.1) is 15.6 Å². The molecule has 1 aromatic carbocycles. The van der Waals surface area contributed by atoms with E-state index in [4.69, 9.17) is 23.2 Å². The van der Waals surface area contributed by atoms with Gasteiger partial charge in [-0.05, 0) is 47.1 Å². The first-order chi connectivity index (χ1) is 10.0. The van der Waals surface area contributed by atoms with Crippen molar-refractivity contribution in [1.82, 2.24) is 4.98 Å². The van der Waals surface area contributed by atoms with E-state index < -0.39 is 0 Å². The quantitative estimate of drug-likeness (QED) is 0.788. The van der Waals surface area contributed by atoms with Gasteiger partial charge in [-0.15, -0.1) is 0 Å². The van der Waals surface area contributed by atoms with Crippen LogP contribution in [0, 0.1) is 0 Å². The van der Waals surface area contributed by atoms with E-state index in [1.165, 1.54) is 0 Å². The van der Waals surface area contributed by atoms with Gasteiger partial charge in [-0.1, -0.05) is 23.2 Å². The zero-order valence-electron chi connectivity index (χ0n) is 11.1. The van der Waals surface area contributed by atoms with Gasteiger partial charge in [0.1, 0.15) is 5.82 Å². The van der Waals surface area contributed by atoms with Crippen molar-refractivity contribution in [2.75, 3.05) is 17.2 Å². The number of hydrogen-bond acceptors (Lipinski definition) is 3. The first kappa shape index (κ1) is 16.1. The third kappa shape index (κ3) is 4.09. The molecule has 0 bridgehead atoms. The average Bonchev–Trinajstić information content (AvgIpc) is 2.45. The number of rotatable bonds is 4. The van der Waals surface area contributed by atoms with Crippen LogP contribution >= 0.6 is 39.1 Å². The molecule has 0 aliphatic carbocycles. The van der Waals surface area contributed by atoms with Gasteiger partial charge < -0.3 is 10.6 Å². The Kier molecular flexibility index (Phi) is 5.45. The Morgan fingerprint density at radius 2 is 2.05 bits per heavy atom. The average molecular weight is 389 g/mol. The summed E-state index contributed by atoms with van der Waals surface area (Å²) >= 11 is 15.1. The number of halogens is 3. The van der Waals surface area contributed by atoms with Crippen molar-refractivity contribution in [3.63, 3.8) is 0 Å². The Morgan fingerprint density at radius 3 is 2.71 bits per heavy atom. The number of carbonyl (C=O) groups excluding carboxylic acids is 1. The molecule has 0 fully saturated rings. The van der Waals surface area contributed by atoms with Crippen LogP contribution < -0.4 is 10.6 Å². The van der Waals surface area contributed by atoms with Crippen LogP contribution in [-0.2, 0) is 0 Å². The minimum atomic E-state index is -0.280. The molecule has 1 aromatic heterocycles. The number of pyridine rings is 1. The predicted molar refractivity (Wildman–Crippen MR) is 90.5 cm³/mol. The molecular weight excluding hydrogens is 377 g/mol. The molecule has 0 aliphatic rings. The smallest absolute Gasteiger partial charge is 0.259 e. The zero-order valence-corrected chi connectivity index (χ0v) is 14.2. The highest BCUT2D eigenvalue weighted by atomic mass is 79.9. The van der Waals surface area contributed by atoms with Crippen LogP contribution in [0.15, 0.2) is 34.9 Å². The third-order valence-corrected chi connectivity index (χ3v) is 3.79. The predicted octanol–water partition coefficient (Wildman–Crippen LogP) is 4.84. The molecule has 2 rings (SSSR count). The van der Waals surface area contributed by atoms with Gasteiger partial charge in [0, 0.05) is 22.9 Å². The normalized spacial score (nSPS) is 10.3. The van der Waals surface area contributed by atoms with E-state index in [9.17, 15) is 4.79 Å². The molecule has 4 nitrogen and oxygen atoms in total. The molecule has 0 radical (unpaired) electrons. The summed E-state index contributed by atoms with van der Waals surface area (Å²) in [4.78, 5) is 16.6. The summed E-state index contributed by atoms with van der Waals surface area (Å²) in [6, 6.07) is 6.62. The van der Waals surface area contributed by atoms with Crippen molar-refractivity contribution in [3.05, 3.63) is 50.5 Å². The summed E-state index contributed by atoms with van der Waals surface area (Å²) in [5.74, 6) is 0.247. The molecule has 1 heterocycles. The monoisotopic (exact) mass is 387 g/mol. The van der Waals surface area contributed by atoms with Crippen molar-refractivity contribution in [2.24, 2.45) is 0 Å². The first-order valence-electron chi connectivity index (χ1n) is 6.17. The summed E-state index contributed by atoms with van der Waals surface area (Å²) in [6.45, 7) is 2.60. The number of aromatic nitrogens is 1. The van der Waals surface area contributed by atoms with Gasteiger partial charge in [0.15, 0.2) is 0 Å². The second kappa shape index (κ2) is 7.11. The van der Waals surface area contributed by atoms with E-state index in [2.05, 4.69) is 31.5 Å². The lowest BCUT2D eigenvalue weighted by Gasteiger charge is -2.11. The summed E-state index contributed by atoms with van der Waals surface area (Å²) in [5.41, 5.74) is 1.01. The topological polar surface area (TPSA) is 54.0 Å². The van der Waals surface area contributed by atoms with Crippen LogP contribution in [-0.4, -0.2) is 17.4 Å². The second-order valence-electron chi connectivity index (χ2n) is 4.16. The Labute approximate surface area is 141 Å². The molecule has 2 aromatic rings. The summed E-state index contributed by atoms with van der Waals surface area (Å²) < 4.78 is 0.725. The molecular formula is C14H12BrCl2N3O. The van der Waals surface area contributed by atoms with Crippen LogP contribution in [0.5, 0.6) is 0 Å². The van der Waals surface area contributed by atoms with Gasteiger partial charge in [-0.25, -0.2) is 4.98 Å². The van der Waals surface area contributed by atoms with E-state index in [-0.39, 0.29) is 5.91 Å². The Morgan fingerprint density at radius 1 is 1.29 bits per heavy atom. The van der Waals surface area contributed by atoms with E-state index in [1.807, 2.05) is 6.92 Å². The highest BCUT2D eigenvalue weighted by Crippen LogP contribution is 2.26. The SMILES string of the molecule is CCNc1ncc(Br)cc1C(=O)Nc1ccc(Cl)c(Cl)c1. The fourth-order valence-corrected chi connectivity index (χ4v) is 2.32. The maximum Gasteiger partial charge on any atom is 0.259 e. The molecule has 0 unspecified atom stereocenters. The number of carbonyl (C=O) groups is 1. The second-order valence-corrected chi connectivity index (χ2v) is 5.89. The van der Waals surface area contributed by atoms with Crippen LogP contribution in [0.3, 0.4) is 0 Å². The number of nitrogens with zero attached hydrogens (tertiary/aromatic N) is 1. The molecule has 1 amide bonds. The lowest BCUT2D eigenvalue weighted by atomic mass is 10.2. The van der Waals surface area contributed by atoms with Crippen LogP contribution in [0.1, 0.15) is 17.3 Å². The molecule has 110 valence electrons. The number of anilines is 2.